The van der Waals surface area contributed by atoms with Gasteiger partial charge < -0.3 is 21.5 Å². The van der Waals surface area contributed by atoms with Crippen molar-refractivity contribution in [3.8, 4) is 0 Å². The first-order valence-corrected chi connectivity index (χ1v) is 7.77. The van der Waals surface area contributed by atoms with Gasteiger partial charge in [-0.2, -0.15) is 0 Å². The molecule has 1 aliphatic rings. The summed E-state index contributed by atoms with van der Waals surface area (Å²) in [5.41, 5.74) is 11.8. The molecule has 5 N–H and O–H groups in total. The Morgan fingerprint density at radius 2 is 2.11 bits per heavy atom. The lowest BCUT2D eigenvalue weighted by molar-refractivity contribution is 0.100. The van der Waals surface area contributed by atoms with Crippen LogP contribution >= 0.6 is 23.1 Å². The number of nitrogens with two attached hydrogens (primary N) is 2. The van der Waals surface area contributed by atoms with Crippen molar-refractivity contribution in [3.63, 3.8) is 0 Å². The van der Waals surface area contributed by atoms with E-state index < -0.39 is 5.91 Å². The van der Waals surface area contributed by atoms with E-state index >= 15 is 0 Å². The Balaban J connectivity index is 2.32. The van der Waals surface area contributed by atoms with Gasteiger partial charge in [0.15, 0.2) is 0 Å². The summed E-state index contributed by atoms with van der Waals surface area (Å²) in [6, 6.07) is 0. The van der Waals surface area contributed by atoms with E-state index in [1.165, 1.54) is 23.1 Å². The zero-order valence-electron chi connectivity index (χ0n) is 10.2. The van der Waals surface area contributed by atoms with E-state index in [0.29, 0.717) is 10.6 Å². The molecule has 0 radical (unpaired) electrons. The SMILES string of the molecule is CSc1c(N2CCC(O)CC2)sc(C(N)=O)c1N. The Hall–Kier alpha value is -0.920. The molecule has 2 heterocycles. The Bertz CT molecular complexity index is 453. The fourth-order valence-electron chi connectivity index (χ4n) is 2.07. The largest absolute Gasteiger partial charge is 0.396 e. The number of nitrogens with zero attached hydrogens (tertiary/aromatic N) is 1. The topological polar surface area (TPSA) is 92.6 Å². The van der Waals surface area contributed by atoms with Gasteiger partial charge in [0.05, 0.1) is 16.7 Å². The van der Waals surface area contributed by atoms with Crippen molar-refractivity contribution in [2.45, 2.75) is 23.8 Å². The van der Waals surface area contributed by atoms with Crippen LogP contribution in [0.3, 0.4) is 0 Å². The number of hydrogen-bond donors (Lipinski definition) is 3. The highest BCUT2D eigenvalue weighted by molar-refractivity contribution is 7.99. The summed E-state index contributed by atoms with van der Waals surface area (Å²) < 4.78 is 0. The zero-order chi connectivity index (χ0) is 13.3. The van der Waals surface area contributed by atoms with Crippen molar-refractivity contribution in [3.05, 3.63) is 4.88 Å². The van der Waals surface area contributed by atoms with Gasteiger partial charge >= 0.3 is 0 Å². The molecule has 0 saturated carbocycles. The van der Waals surface area contributed by atoms with Crippen LogP contribution in [0.2, 0.25) is 0 Å². The van der Waals surface area contributed by atoms with Crippen LogP contribution in [0.4, 0.5) is 10.7 Å². The number of anilines is 2. The monoisotopic (exact) mass is 287 g/mol. The van der Waals surface area contributed by atoms with Crippen LogP contribution in [-0.4, -0.2) is 36.5 Å². The zero-order valence-corrected chi connectivity index (χ0v) is 11.8. The van der Waals surface area contributed by atoms with Crippen LogP contribution in [-0.2, 0) is 0 Å². The lowest BCUT2D eigenvalue weighted by atomic mass is 10.1. The molecule has 1 saturated heterocycles. The van der Waals surface area contributed by atoms with Gasteiger partial charge in [0.1, 0.15) is 9.88 Å². The number of carbonyl (C=O) groups is 1. The summed E-state index contributed by atoms with van der Waals surface area (Å²) >= 11 is 2.88. The van der Waals surface area contributed by atoms with Crippen molar-refractivity contribution in [2.24, 2.45) is 5.73 Å². The van der Waals surface area contributed by atoms with Gasteiger partial charge in [-0.15, -0.1) is 23.1 Å². The molecule has 2 rings (SSSR count). The quantitative estimate of drug-likeness (QED) is 0.724. The molecular formula is C11H17N3O2S2. The van der Waals surface area contributed by atoms with E-state index in [0.717, 1.165) is 35.8 Å². The molecule has 18 heavy (non-hydrogen) atoms. The highest BCUT2D eigenvalue weighted by Gasteiger charge is 2.25. The molecule has 0 aliphatic carbocycles. The van der Waals surface area contributed by atoms with Crippen molar-refractivity contribution in [1.82, 2.24) is 0 Å². The third kappa shape index (κ3) is 2.43. The molecule has 0 aromatic carbocycles. The van der Waals surface area contributed by atoms with Gasteiger partial charge in [0.25, 0.3) is 5.91 Å². The van der Waals surface area contributed by atoms with Crippen LogP contribution in [0.5, 0.6) is 0 Å². The average molecular weight is 287 g/mol. The van der Waals surface area contributed by atoms with E-state index in [4.69, 9.17) is 11.5 Å². The molecule has 1 aromatic heterocycles. The number of aliphatic hydroxyl groups excluding tert-OH is 1. The minimum absolute atomic E-state index is 0.216. The maximum atomic E-state index is 11.3. The van der Waals surface area contributed by atoms with Crippen LogP contribution in [0.15, 0.2) is 4.90 Å². The number of piperidine rings is 1. The molecule has 0 atom stereocenters. The molecule has 5 nitrogen and oxygen atoms in total. The van der Waals surface area contributed by atoms with E-state index in [1.807, 2.05) is 6.26 Å². The molecule has 1 aliphatic heterocycles. The minimum atomic E-state index is -0.476. The van der Waals surface area contributed by atoms with Crippen LogP contribution in [0, 0.1) is 0 Å². The molecule has 1 fully saturated rings. The predicted molar refractivity (Wildman–Crippen MR) is 76.5 cm³/mol. The predicted octanol–water partition coefficient (Wildman–Crippen LogP) is 1.11. The Kier molecular flexibility index (Phi) is 4.04. The maximum absolute atomic E-state index is 11.3. The van der Waals surface area contributed by atoms with Crippen LogP contribution in [0.1, 0.15) is 22.5 Å². The summed E-state index contributed by atoms with van der Waals surface area (Å²) in [6.07, 6.45) is 3.22. The normalized spacial score (nSPS) is 17.1. The first-order valence-electron chi connectivity index (χ1n) is 5.73. The molecule has 7 heteroatoms. The number of primary amides is 1. The Morgan fingerprint density at radius 1 is 1.50 bits per heavy atom. The van der Waals surface area contributed by atoms with Gasteiger partial charge in [-0.05, 0) is 19.1 Å². The Morgan fingerprint density at radius 3 is 2.61 bits per heavy atom. The summed E-state index contributed by atoms with van der Waals surface area (Å²) in [7, 11) is 0. The second-order valence-electron chi connectivity index (χ2n) is 4.27. The third-order valence-corrected chi connectivity index (χ3v) is 5.29. The van der Waals surface area contributed by atoms with Gasteiger partial charge in [-0.3, -0.25) is 4.79 Å². The summed E-state index contributed by atoms with van der Waals surface area (Å²) in [4.78, 5) is 14.8. The van der Waals surface area contributed by atoms with Gasteiger partial charge in [0, 0.05) is 13.1 Å². The fraction of sp³-hybridized carbons (Fsp3) is 0.545. The van der Waals surface area contributed by atoms with Gasteiger partial charge in [-0.1, -0.05) is 0 Å². The number of amides is 1. The van der Waals surface area contributed by atoms with Crippen molar-refractivity contribution in [2.75, 3.05) is 30.0 Å². The molecule has 100 valence electrons. The fourth-order valence-corrected chi connectivity index (χ4v) is 4.16. The molecule has 1 aromatic rings. The summed E-state index contributed by atoms with van der Waals surface area (Å²) in [5, 5.41) is 10.5. The number of rotatable bonds is 3. The molecule has 0 unspecified atom stereocenters. The first kappa shape index (κ1) is 13.5. The number of nitrogen functional groups attached to an aromatic ring is 1. The second-order valence-corrected chi connectivity index (χ2v) is 6.08. The lowest BCUT2D eigenvalue weighted by Crippen LogP contribution is -2.35. The molecule has 1 amide bonds. The standard InChI is InChI=1S/C11H17N3O2S2/c1-17-9-7(12)8(10(13)16)18-11(9)14-4-2-6(15)3-5-14/h6,15H,2-5,12H2,1H3,(H2,13,16). The Labute approximate surface area is 114 Å². The minimum Gasteiger partial charge on any atom is -0.396 e. The maximum Gasteiger partial charge on any atom is 0.261 e. The first-order chi connectivity index (χ1) is 8.54. The number of hydrogen-bond acceptors (Lipinski definition) is 6. The van der Waals surface area contributed by atoms with Crippen LogP contribution < -0.4 is 16.4 Å². The van der Waals surface area contributed by atoms with Crippen molar-refractivity contribution >= 4 is 39.7 Å². The van der Waals surface area contributed by atoms with E-state index in [-0.39, 0.29) is 6.10 Å². The number of thioether (sulfide) groups is 1. The smallest absolute Gasteiger partial charge is 0.261 e. The molecule has 0 spiro atoms. The third-order valence-electron chi connectivity index (χ3n) is 3.06. The van der Waals surface area contributed by atoms with Crippen molar-refractivity contribution in [1.29, 1.82) is 0 Å². The number of carbonyl (C=O) groups excluding carboxylic acids is 1. The summed E-state index contributed by atoms with van der Waals surface area (Å²) in [6.45, 7) is 1.57. The molecule has 0 bridgehead atoms. The highest BCUT2D eigenvalue weighted by atomic mass is 32.2. The van der Waals surface area contributed by atoms with E-state index in [1.54, 1.807) is 0 Å². The van der Waals surface area contributed by atoms with Crippen LogP contribution in [0.25, 0.3) is 0 Å². The van der Waals surface area contributed by atoms with Gasteiger partial charge in [-0.25, -0.2) is 0 Å². The average Bonchev–Trinajstić information content (AvgIpc) is 2.67. The molecular weight excluding hydrogens is 270 g/mol. The van der Waals surface area contributed by atoms with E-state index in [9.17, 15) is 9.90 Å². The lowest BCUT2D eigenvalue weighted by Gasteiger charge is -2.30. The van der Waals surface area contributed by atoms with E-state index in [2.05, 4.69) is 4.90 Å². The van der Waals surface area contributed by atoms with Crippen molar-refractivity contribution < 1.29 is 9.90 Å². The number of aliphatic hydroxyl groups is 1. The number of thiophene rings is 1. The van der Waals surface area contributed by atoms with Gasteiger partial charge in [0.2, 0.25) is 0 Å². The summed E-state index contributed by atoms with van der Waals surface area (Å²) in [5.74, 6) is -0.476. The second kappa shape index (κ2) is 5.38. The highest BCUT2D eigenvalue weighted by Crippen LogP contribution is 2.44.